The van der Waals surface area contributed by atoms with Crippen LogP contribution < -0.4 is 0 Å². The van der Waals surface area contributed by atoms with Crippen LogP contribution >= 0.6 is 15.6 Å². The van der Waals surface area contributed by atoms with Gasteiger partial charge in [-0.15, -0.1) is 0 Å². The molecule has 19 heteroatoms. The molecule has 0 aromatic heterocycles. The molecule has 5 atom stereocenters. The molecule has 0 aromatic rings. The van der Waals surface area contributed by atoms with Crippen LogP contribution in [0.25, 0.3) is 0 Å². The van der Waals surface area contributed by atoms with Crippen LogP contribution in [0, 0.1) is 11.8 Å². The van der Waals surface area contributed by atoms with Crippen LogP contribution in [0.5, 0.6) is 0 Å². The maximum Gasteiger partial charge on any atom is 0.472 e. The van der Waals surface area contributed by atoms with Crippen molar-refractivity contribution in [2.24, 2.45) is 11.8 Å². The Labute approximate surface area is 530 Å². The second-order valence-electron chi connectivity index (χ2n) is 25.5. The summed E-state index contributed by atoms with van der Waals surface area (Å²) in [4.78, 5) is 72.4. The molecule has 0 bridgehead atoms. The highest BCUT2D eigenvalue weighted by Gasteiger charge is 2.30. The third-order valence-electron chi connectivity index (χ3n) is 15.7. The molecule has 0 rings (SSSR count). The fourth-order valence-electron chi connectivity index (χ4n) is 10.2. The average molecular weight is 1280 g/mol. The van der Waals surface area contributed by atoms with Crippen molar-refractivity contribution in [3.8, 4) is 0 Å². The fourth-order valence-corrected chi connectivity index (χ4v) is 11.8. The van der Waals surface area contributed by atoms with Crippen LogP contribution in [0.2, 0.25) is 0 Å². The second kappa shape index (κ2) is 60.3. The van der Waals surface area contributed by atoms with Crippen LogP contribution in [-0.4, -0.2) is 96.7 Å². The zero-order valence-corrected chi connectivity index (χ0v) is 58.1. The van der Waals surface area contributed by atoms with Crippen molar-refractivity contribution in [2.75, 3.05) is 39.6 Å². The molecule has 0 heterocycles. The van der Waals surface area contributed by atoms with E-state index in [1.54, 1.807) is 0 Å². The molecule has 0 aliphatic carbocycles. The first-order valence-electron chi connectivity index (χ1n) is 35.5. The summed E-state index contributed by atoms with van der Waals surface area (Å²) in [6.45, 7) is 9.45. The van der Waals surface area contributed by atoms with Gasteiger partial charge in [0.05, 0.1) is 26.4 Å². The average Bonchev–Trinajstić information content (AvgIpc) is 3.70. The molecule has 0 saturated carbocycles. The summed E-state index contributed by atoms with van der Waals surface area (Å²) in [6.07, 6.45) is 44.4. The predicted molar refractivity (Wildman–Crippen MR) is 349 cm³/mol. The Morgan fingerprint density at radius 2 is 0.529 bits per heavy atom. The molecule has 3 N–H and O–H groups in total. The quantitative estimate of drug-likeness (QED) is 0.0222. The second-order valence-corrected chi connectivity index (χ2v) is 28.4. The van der Waals surface area contributed by atoms with Crippen molar-refractivity contribution in [3.05, 3.63) is 0 Å². The highest BCUT2D eigenvalue weighted by Crippen LogP contribution is 2.45. The van der Waals surface area contributed by atoms with Crippen LogP contribution in [0.1, 0.15) is 343 Å². The molecule has 17 nitrogen and oxygen atoms in total. The Hall–Kier alpha value is -1.94. The predicted octanol–water partition coefficient (Wildman–Crippen LogP) is 19.2. The number of esters is 4. The molecule has 0 aliphatic rings. The number of aliphatic hydroxyl groups is 1. The number of hydrogen-bond donors (Lipinski definition) is 3. The molecule has 2 unspecified atom stereocenters. The maximum absolute atomic E-state index is 13.0. The Morgan fingerprint density at radius 3 is 0.782 bits per heavy atom. The van der Waals surface area contributed by atoms with E-state index in [0.717, 1.165) is 102 Å². The van der Waals surface area contributed by atoms with Crippen LogP contribution in [0.15, 0.2) is 0 Å². The maximum atomic E-state index is 13.0. The van der Waals surface area contributed by atoms with E-state index in [2.05, 4.69) is 41.5 Å². The van der Waals surface area contributed by atoms with Gasteiger partial charge in [-0.1, -0.05) is 292 Å². The summed E-state index contributed by atoms with van der Waals surface area (Å²) in [5.74, 6) is -0.682. The van der Waals surface area contributed by atoms with Crippen molar-refractivity contribution >= 4 is 39.5 Å². The van der Waals surface area contributed by atoms with Crippen LogP contribution in [-0.2, 0) is 65.4 Å². The SMILES string of the molecule is CCCCCCCCCCCCCCCC(=O)OC[C@H](COP(=O)(O)OC[C@@H](O)COP(=O)(O)OC[C@@H](COC(=O)CCCCCCCCC(C)C)OC(=O)CCCCCCCCCCCCC)OC(=O)CCCCCCCCCCCCCC(C)C. The van der Waals surface area contributed by atoms with Crippen molar-refractivity contribution in [3.63, 3.8) is 0 Å². The van der Waals surface area contributed by atoms with Gasteiger partial charge in [-0.2, -0.15) is 0 Å². The van der Waals surface area contributed by atoms with E-state index < -0.39 is 97.5 Å². The van der Waals surface area contributed by atoms with E-state index in [9.17, 15) is 43.2 Å². The molecular formula is C68H132O17P2. The number of carbonyl (C=O) groups is 4. The number of hydrogen-bond acceptors (Lipinski definition) is 15. The number of carbonyl (C=O) groups excluding carboxylic acids is 4. The number of ether oxygens (including phenoxy) is 4. The first kappa shape index (κ1) is 85.1. The van der Waals surface area contributed by atoms with Gasteiger partial charge in [0.1, 0.15) is 19.3 Å². The molecule has 0 fully saturated rings. The molecule has 0 spiro atoms. The molecule has 87 heavy (non-hydrogen) atoms. The van der Waals surface area contributed by atoms with Gasteiger partial charge in [0.25, 0.3) is 0 Å². The van der Waals surface area contributed by atoms with Crippen molar-refractivity contribution in [1.82, 2.24) is 0 Å². The van der Waals surface area contributed by atoms with Gasteiger partial charge in [0.15, 0.2) is 12.2 Å². The Balaban J connectivity index is 5.24. The summed E-state index contributed by atoms with van der Waals surface area (Å²) in [6, 6.07) is 0. The lowest BCUT2D eigenvalue weighted by molar-refractivity contribution is -0.161. The van der Waals surface area contributed by atoms with E-state index in [4.69, 9.17) is 37.0 Å². The monoisotopic (exact) mass is 1280 g/mol. The number of unbranched alkanes of at least 4 members (excludes halogenated alkanes) is 37. The van der Waals surface area contributed by atoms with Crippen LogP contribution in [0.4, 0.5) is 0 Å². The smallest absolute Gasteiger partial charge is 0.462 e. The van der Waals surface area contributed by atoms with Gasteiger partial charge < -0.3 is 33.8 Å². The molecule has 0 amide bonds. The minimum Gasteiger partial charge on any atom is -0.462 e. The van der Waals surface area contributed by atoms with Gasteiger partial charge in [-0.05, 0) is 37.5 Å². The lowest BCUT2D eigenvalue weighted by Crippen LogP contribution is -2.30. The molecule has 516 valence electrons. The highest BCUT2D eigenvalue weighted by atomic mass is 31.2. The lowest BCUT2D eigenvalue weighted by atomic mass is 10.0. The van der Waals surface area contributed by atoms with Crippen molar-refractivity contribution in [2.45, 2.75) is 362 Å². The lowest BCUT2D eigenvalue weighted by Gasteiger charge is -2.21. The molecule has 0 aromatic carbocycles. The van der Waals surface area contributed by atoms with E-state index in [1.165, 1.54) is 154 Å². The molecule has 0 aliphatic heterocycles. The summed E-state index contributed by atoms with van der Waals surface area (Å²) >= 11 is 0. The zero-order chi connectivity index (χ0) is 64.3. The standard InChI is InChI=1S/C68H132O17P2/c1-7-9-11-13-15-17-19-20-24-27-31-38-44-50-65(70)78-56-63(84-68(73)53-47-41-33-29-25-21-23-26-30-36-42-48-60(3)4)58-82-86(74,75)80-54-62(69)55-81-87(76,77)83-59-64(57-79-66(71)51-45-39-35-34-37-43-49-61(5)6)85-67(72)52-46-40-32-28-22-18-16-14-12-10-8-2/h60-64,69H,7-59H2,1-6H3,(H,74,75)(H,76,77)/t62-,63-,64-/m1/s1. The Kier molecular flexibility index (Phi) is 59.0. The Morgan fingerprint density at radius 1 is 0.310 bits per heavy atom. The third-order valence-corrected chi connectivity index (χ3v) is 17.6. The first-order chi connectivity index (χ1) is 41.9. The highest BCUT2D eigenvalue weighted by molar-refractivity contribution is 7.47. The third kappa shape index (κ3) is 62.6. The fraction of sp³-hybridized carbons (Fsp3) is 0.941. The molecular weight excluding hydrogens is 1150 g/mol. The molecule has 0 radical (unpaired) electrons. The van der Waals surface area contributed by atoms with Crippen molar-refractivity contribution in [1.29, 1.82) is 0 Å². The summed E-state index contributed by atoms with van der Waals surface area (Å²) < 4.78 is 68.2. The minimum atomic E-state index is -4.95. The summed E-state index contributed by atoms with van der Waals surface area (Å²) in [7, 11) is -9.89. The number of rotatable bonds is 67. The minimum absolute atomic E-state index is 0.106. The van der Waals surface area contributed by atoms with Gasteiger partial charge >= 0.3 is 39.5 Å². The summed E-state index contributed by atoms with van der Waals surface area (Å²) in [5.41, 5.74) is 0. The van der Waals surface area contributed by atoms with Gasteiger partial charge in [-0.25, -0.2) is 9.13 Å². The van der Waals surface area contributed by atoms with Gasteiger partial charge in [-0.3, -0.25) is 37.3 Å². The number of aliphatic hydroxyl groups excluding tert-OH is 1. The number of phosphoric acid groups is 2. The van der Waals surface area contributed by atoms with E-state index in [1.807, 2.05) is 0 Å². The van der Waals surface area contributed by atoms with E-state index in [0.29, 0.717) is 31.6 Å². The molecule has 0 saturated heterocycles. The van der Waals surface area contributed by atoms with Crippen LogP contribution in [0.3, 0.4) is 0 Å². The first-order valence-corrected chi connectivity index (χ1v) is 38.5. The topological polar surface area (TPSA) is 237 Å². The van der Waals surface area contributed by atoms with E-state index in [-0.39, 0.29) is 25.7 Å². The van der Waals surface area contributed by atoms with Crippen molar-refractivity contribution < 1.29 is 80.2 Å². The van der Waals surface area contributed by atoms with E-state index >= 15 is 0 Å². The van der Waals surface area contributed by atoms with Gasteiger partial charge in [0, 0.05) is 25.7 Å². The largest absolute Gasteiger partial charge is 0.472 e. The normalized spacial score (nSPS) is 14.2. The summed E-state index contributed by atoms with van der Waals surface area (Å²) in [5, 5.41) is 10.6. The van der Waals surface area contributed by atoms with Gasteiger partial charge in [0.2, 0.25) is 0 Å². The number of phosphoric ester groups is 2. The Bertz CT molecular complexity index is 1700. The zero-order valence-electron chi connectivity index (χ0n) is 56.3.